The largest absolute Gasteiger partial charge is 0.494 e. The molecule has 0 spiro atoms. The summed E-state index contributed by atoms with van der Waals surface area (Å²) in [7, 11) is 3.99. The first-order chi connectivity index (χ1) is 12.5. The van der Waals surface area contributed by atoms with E-state index in [0.29, 0.717) is 16.7 Å². The van der Waals surface area contributed by atoms with E-state index in [4.69, 9.17) is 4.74 Å². The SMILES string of the molecule is CCOc1ccc(N=C2NC(=O)/C(=C/c3ccc(N(C)C)cc3)S2)cc1. The van der Waals surface area contributed by atoms with E-state index in [0.717, 1.165) is 22.7 Å². The van der Waals surface area contributed by atoms with Crippen molar-refractivity contribution in [2.24, 2.45) is 4.99 Å². The van der Waals surface area contributed by atoms with Crippen molar-refractivity contribution >= 4 is 40.3 Å². The lowest BCUT2D eigenvalue weighted by molar-refractivity contribution is -0.115. The molecule has 1 amide bonds. The van der Waals surface area contributed by atoms with Gasteiger partial charge in [0.05, 0.1) is 17.2 Å². The van der Waals surface area contributed by atoms with E-state index in [2.05, 4.69) is 10.3 Å². The highest BCUT2D eigenvalue weighted by Gasteiger charge is 2.23. The molecule has 0 unspecified atom stereocenters. The minimum absolute atomic E-state index is 0.128. The first kappa shape index (κ1) is 18.1. The molecule has 0 aromatic heterocycles. The van der Waals surface area contributed by atoms with Crippen molar-refractivity contribution in [2.75, 3.05) is 25.6 Å². The van der Waals surface area contributed by atoms with Gasteiger partial charge in [0.1, 0.15) is 5.75 Å². The second-order valence-electron chi connectivity index (χ2n) is 5.89. The van der Waals surface area contributed by atoms with Gasteiger partial charge in [-0.2, -0.15) is 0 Å². The van der Waals surface area contributed by atoms with Crippen molar-refractivity contribution in [1.82, 2.24) is 5.32 Å². The first-order valence-corrected chi connectivity index (χ1v) is 9.16. The highest BCUT2D eigenvalue weighted by molar-refractivity contribution is 8.18. The predicted molar refractivity (Wildman–Crippen MR) is 109 cm³/mol. The van der Waals surface area contributed by atoms with Gasteiger partial charge in [0.25, 0.3) is 5.91 Å². The molecule has 0 saturated carbocycles. The number of hydrogen-bond acceptors (Lipinski definition) is 5. The number of carbonyl (C=O) groups is 1. The van der Waals surface area contributed by atoms with Crippen LogP contribution in [0.4, 0.5) is 11.4 Å². The number of carbonyl (C=O) groups excluding carboxylic acids is 1. The van der Waals surface area contributed by atoms with Gasteiger partial charge in [0.2, 0.25) is 0 Å². The summed E-state index contributed by atoms with van der Waals surface area (Å²) in [6.45, 7) is 2.57. The van der Waals surface area contributed by atoms with Crippen molar-refractivity contribution in [1.29, 1.82) is 0 Å². The van der Waals surface area contributed by atoms with Crippen molar-refractivity contribution < 1.29 is 9.53 Å². The fourth-order valence-electron chi connectivity index (χ4n) is 2.40. The Morgan fingerprint density at radius 3 is 2.42 bits per heavy atom. The van der Waals surface area contributed by atoms with E-state index in [1.54, 1.807) is 0 Å². The molecule has 1 heterocycles. The van der Waals surface area contributed by atoms with Crippen molar-refractivity contribution in [2.45, 2.75) is 6.92 Å². The number of thioether (sulfide) groups is 1. The Kier molecular flexibility index (Phi) is 5.63. The summed E-state index contributed by atoms with van der Waals surface area (Å²) in [6, 6.07) is 15.5. The van der Waals surface area contributed by atoms with Crippen LogP contribution in [0.5, 0.6) is 5.75 Å². The number of amidine groups is 1. The maximum absolute atomic E-state index is 12.2. The Hall–Kier alpha value is -2.73. The Morgan fingerprint density at radius 1 is 1.12 bits per heavy atom. The van der Waals surface area contributed by atoms with Crippen LogP contribution < -0.4 is 15.0 Å². The lowest BCUT2D eigenvalue weighted by Gasteiger charge is -2.11. The highest BCUT2D eigenvalue weighted by Crippen LogP contribution is 2.29. The molecule has 2 aromatic rings. The fourth-order valence-corrected chi connectivity index (χ4v) is 3.24. The fraction of sp³-hybridized carbons (Fsp3) is 0.200. The third-order valence-corrected chi connectivity index (χ3v) is 4.65. The van der Waals surface area contributed by atoms with Gasteiger partial charge in [-0.3, -0.25) is 4.79 Å². The molecule has 0 aliphatic carbocycles. The third-order valence-electron chi connectivity index (χ3n) is 3.74. The average Bonchev–Trinajstić information content (AvgIpc) is 2.96. The minimum Gasteiger partial charge on any atom is -0.494 e. The highest BCUT2D eigenvalue weighted by atomic mass is 32.2. The Labute approximate surface area is 157 Å². The standard InChI is InChI=1S/C20H21N3O2S/c1-4-25-17-11-7-15(8-12-17)21-20-22-19(24)18(26-20)13-14-5-9-16(10-6-14)23(2)3/h5-13H,4H2,1-3H3,(H,21,22,24)/b18-13-. The number of anilines is 1. The van der Waals surface area contributed by atoms with Crippen LogP contribution in [0.2, 0.25) is 0 Å². The summed E-state index contributed by atoms with van der Waals surface area (Å²) in [5, 5.41) is 3.39. The summed E-state index contributed by atoms with van der Waals surface area (Å²) >= 11 is 1.34. The first-order valence-electron chi connectivity index (χ1n) is 8.35. The van der Waals surface area contributed by atoms with Crippen LogP contribution in [-0.2, 0) is 4.79 Å². The summed E-state index contributed by atoms with van der Waals surface area (Å²) in [6.07, 6.45) is 1.88. The van der Waals surface area contributed by atoms with Crippen LogP contribution in [0.15, 0.2) is 58.4 Å². The van der Waals surface area contributed by atoms with E-state index < -0.39 is 0 Å². The molecule has 6 heteroatoms. The maximum atomic E-state index is 12.2. The zero-order chi connectivity index (χ0) is 18.5. The van der Waals surface area contributed by atoms with Gasteiger partial charge in [0.15, 0.2) is 5.17 Å². The van der Waals surface area contributed by atoms with Crippen LogP contribution in [0.25, 0.3) is 6.08 Å². The van der Waals surface area contributed by atoms with E-state index in [1.807, 2.05) is 80.5 Å². The monoisotopic (exact) mass is 367 g/mol. The van der Waals surface area contributed by atoms with Crippen molar-refractivity contribution in [3.63, 3.8) is 0 Å². The number of aliphatic imine (C=N–C) groups is 1. The molecule has 5 nitrogen and oxygen atoms in total. The third kappa shape index (κ3) is 4.46. The van der Waals surface area contributed by atoms with Gasteiger partial charge in [0, 0.05) is 19.8 Å². The van der Waals surface area contributed by atoms with Gasteiger partial charge in [-0.15, -0.1) is 0 Å². The van der Waals surface area contributed by atoms with Gasteiger partial charge in [-0.25, -0.2) is 4.99 Å². The van der Waals surface area contributed by atoms with Crippen LogP contribution in [0.1, 0.15) is 12.5 Å². The second-order valence-corrected chi connectivity index (χ2v) is 6.93. The molecule has 1 aliphatic heterocycles. The van der Waals surface area contributed by atoms with Gasteiger partial charge in [-0.05, 0) is 66.7 Å². The molecule has 134 valence electrons. The number of ether oxygens (including phenoxy) is 1. The van der Waals surface area contributed by atoms with E-state index in [-0.39, 0.29) is 5.91 Å². The molecule has 3 rings (SSSR count). The number of rotatable bonds is 5. The van der Waals surface area contributed by atoms with Crippen LogP contribution >= 0.6 is 11.8 Å². The second kappa shape index (κ2) is 8.10. The molecule has 2 aromatic carbocycles. The van der Waals surface area contributed by atoms with Crippen LogP contribution in [-0.4, -0.2) is 31.8 Å². The molecule has 1 fully saturated rings. The number of nitrogens with one attached hydrogen (secondary N) is 1. The Morgan fingerprint density at radius 2 is 1.81 bits per heavy atom. The maximum Gasteiger partial charge on any atom is 0.264 e. The number of amides is 1. The van der Waals surface area contributed by atoms with Crippen LogP contribution in [0, 0.1) is 0 Å². The lowest BCUT2D eigenvalue weighted by Crippen LogP contribution is -2.19. The molecule has 26 heavy (non-hydrogen) atoms. The molecular formula is C20H21N3O2S. The molecular weight excluding hydrogens is 346 g/mol. The van der Waals surface area contributed by atoms with E-state index >= 15 is 0 Å². The molecule has 0 radical (unpaired) electrons. The Balaban J connectivity index is 1.73. The van der Waals surface area contributed by atoms with E-state index in [9.17, 15) is 4.79 Å². The zero-order valence-electron chi connectivity index (χ0n) is 15.0. The normalized spacial score (nSPS) is 16.8. The zero-order valence-corrected chi connectivity index (χ0v) is 15.8. The summed E-state index contributed by atoms with van der Waals surface area (Å²) in [5.74, 6) is 0.678. The van der Waals surface area contributed by atoms with Gasteiger partial charge >= 0.3 is 0 Å². The predicted octanol–water partition coefficient (Wildman–Crippen LogP) is 4.04. The lowest BCUT2D eigenvalue weighted by atomic mass is 10.2. The molecule has 1 aliphatic rings. The summed E-state index contributed by atoms with van der Waals surface area (Å²) in [4.78, 5) is 19.3. The van der Waals surface area contributed by atoms with Crippen LogP contribution in [0.3, 0.4) is 0 Å². The molecule has 0 bridgehead atoms. The quantitative estimate of drug-likeness (QED) is 0.810. The smallest absolute Gasteiger partial charge is 0.264 e. The summed E-state index contributed by atoms with van der Waals surface area (Å²) < 4.78 is 5.42. The topological polar surface area (TPSA) is 53.9 Å². The van der Waals surface area contributed by atoms with Gasteiger partial charge < -0.3 is 15.0 Å². The Bertz CT molecular complexity index is 840. The minimum atomic E-state index is -0.128. The number of hydrogen-bond donors (Lipinski definition) is 1. The van der Waals surface area contributed by atoms with Gasteiger partial charge in [-0.1, -0.05) is 12.1 Å². The average molecular weight is 367 g/mol. The molecule has 1 N–H and O–H groups in total. The number of nitrogens with zero attached hydrogens (tertiary/aromatic N) is 2. The molecule has 0 atom stereocenters. The van der Waals surface area contributed by atoms with Crippen molar-refractivity contribution in [3.05, 3.63) is 59.0 Å². The van der Waals surface area contributed by atoms with E-state index in [1.165, 1.54) is 11.8 Å². The van der Waals surface area contributed by atoms with Crippen molar-refractivity contribution in [3.8, 4) is 5.75 Å². The molecule has 1 saturated heterocycles. The number of benzene rings is 2. The summed E-state index contributed by atoms with van der Waals surface area (Å²) in [5.41, 5.74) is 2.87.